The fraction of sp³-hybridized carbons (Fsp3) is 0.435. The van der Waals surface area contributed by atoms with Crippen LogP contribution in [0.5, 0.6) is 0 Å². The first kappa shape index (κ1) is 18.4. The van der Waals surface area contributed by atoms with Gasteiger partial charge in [-0.15, -0.1) is 0 Å². The van der Waals surface area contributed by atoms with E-state index in [-0.39, 0.29) is 18.2 Å². The highest BCUT2D eigenvalue weighted by Gasteiger charge is 2.63. The predicted octanol–water partition coefficient (Wildman–Crippen LogP) is 4.36. The molecule has 4 unspecified atom stereocenters. The molecule has 7 atom stereocenters. The smallest absolute Gasteiger partial charge is 0.0869 e. The Hall–Kier alpha value is -2.35. The summed E-state index contributed by atoms with van der Waals surface area (Å²) < 4.78 is 16.5. The topological polar surface area (TPSA) is 96.1 Å². The molecule has 5 N–H and O–H groups in total. The van der Waals surface area contributed by atoms with Crippen LogP contribution in [0.3, 0.4) is 0 Å². The van der Waals surface area contributed by atoms with E-state index in [1.165, 1.54) is 27.6 Å². The number of nitrogen functional groups attached to an aromatic ring is 1. The van der Waals surface area contributed by atoms with E-state index in [1.54, 1.807) is 25.8 Å². The zero-order valence-corrected chi connectivity index (χ0v) is 17.8. The van der Waals surface area contributed by atoms with Crippen molar-refractivity contribution in [2.24, 2.45) is 17.8 Å². The number of H-pyrrole nitrogens is 1. The van der Waals surface area contributed by atoms with Crippen molar-refractivity contribution in [3.63, 3.8) is 0 Å². The van der Waals surface area contributed by atoms with Crippen LogP contribution in [0.15, 0.2) is 30.3 Å². The molecule has 0 amide bonds. The third-order valence-electron chi connectivity index (χ3n) is 7.76. The lowest BCUT2D eigenvalue weighted by atomic mass is 9.65. The number of hydrogen-bond donors (Lipinski definition) is 4. The maximum Gasteiger partial charge on any atom is 0.0869 e. The minimum absolute atomic E-state index is 0.0736. The monoisotopic (exact) mass is 422 g/mol. The van der Waals surface area contributed by atoms with Crippen molar-refractivity contribution in [2.45, 2.75) is 30.6 Å². The number of rotatable bonds is 4. The summed E-state index contributed by atoms with van der Waals surface area (Å²) in [4.78, 5) is 0. The Labute approximate surface area is 179 Å². The summed E-state index contributed by atoms with van der Waals surface area (Å²) in [5.41, 5.74) is 12.6. The second-order valence-electron chi connectivity index (χ2n) is 8.82. The zero-order valence-electron chi connectivity index (χ0n) is 17.0. The molecule has 2 bridgehead atoms. The highest BCUT2D eigenvalue weighted by molar-refractivity contribution is 7.15. The summed E-state index contributed by atoms with van der Waals surface area (Å²) in [5.74, 6) is 1.43. The van der Waals surface area contributed by atoms with Crippen molar-refractivity contribution in [2.75, 3.05) is 25.3 Å². The van der Waals surface area contributed by atoms with Crippen LogP contribution < -0.4 is 11.1 Å². The Balaban J connectivity index is 1.54. The number of nitrogens with one attached hydrogen (secondary N) is 3. The minimum atomic E-state index is 0.0736. The molecule has 6 nitrogen and oxygen atoms in total. The fourth-order valence-corrected chi connectivity index (χ4v) is 7.33. The molecule has 1 aliphatic heterocycles. The highest BCUT2D eigenvalue weighted by Crippen LogP contribution is 2.65. The Bertz CT molecular complexity index is 1140. The number of benzene rings is 2. The van der Waals surface area contributed by atoms with Crippen LogP contribution >= 0.6 is 11.5 Å². The molecule has 2 aromatic carbocycles. The highest BCUT2D eigenvalue weighted by atomic mass is 32.1. The van der Waals surface area contributed by atoms with Gasteiger partial charge in [-0.25, -0.2) is 0 Å². The Morgan fingerprint density at radius 2 is 1.93 bits per heavy atom. The van der Waals surface area contributed by atoms with Gasteiger partial charge in [-0.05, 0) is 65.5 Å². The van der Waals surface area contributed by atoms with Crippen LogP contribution in [-0.4, -0.2) is 37.0 Å². The molecule has 0 spiro atoms. The number of anilines is 2. The number of fused-ring (bicyclic) bond motifs is 8. The SMILES string of the molecule is COC1C2CC(C3c4c(ccc(N)c4C=N)N[C@@H](c4ccc5[nH]sc5c4)[C@H]23)[C@H]1OC. The first-order chi connectivity index (χ1) is 14.7. The van der Waals surface area contributed by atoms with Crippen molar-refractivity contribution in [3.8, 4) is 0 Å². The lowest BCUT2D eigenvalue weighted by Gasteiger charge is -2.48. The number of methoxy groups -OCH3 is 2. The van der Waals surface area contributed by atoms with E-state index < -0.39 is 0 Å². The van der Waals surface area contributed by atoms with Crippen LogP contribution in [0.25, 0.3) is 10.2 Å². The van der Waals surface area contributed by atoms with Crippen molar-refractivity contribution >= 4 is 39.3 Å². The van der Waals surface area contributed by atoms with Crippen LogP contribution in [0, 0.1) is 23.2 Å². The molecule has 6 rings (SSSR count). The standard InChI is InChI=1S/C23H26N4O2S/c1-28-22-11-8-12(23(22)29-2)20-19(11)18-13(9-24)14(25)4-6-16(18)26-21(20)10-3-5-15-17(7-10)30-27-15/h3-7,9,11-12,19-24,26-27H,8,25H2,1-2H3/t11?,12?,19?,20-,21+,22-,23?/m1/s1. The van der Waals surface area contributed by atoms with Gasteiger partial charge < -0.3 is 30.3 Å². The van der Waals surface area contributed by atoms with Gasteiger partial charge >= 0.3 is 0 Å². The molecule has 2 heterocycles. The molecule has 1 aromatic heterocycles. The number of nitrogens with two attached hydrogens (primary N) is 1. The van der Waals surface area contributed by atoms with Gasteiger partial charge in [0.05, 0.1) is 28.5 Å². The van der Waals surface area contributed by atoms with Crippen LogP contribution in [-0.2, 0) is 9.47 Å². The van der Waals surface area contributed by atoms with Gasteiger partial charge in [-0.3, -0.25) is 0 Å². The van der Waals surface area contributed by atoms with Gasteiger partial charge in [-0.2, -0.15) is 0 Å². The van der Waals surface area contributed by atoms with E-state index in [2.05, 4.69) is 34.0 Å². The predicted molar refractivity (Wildman–Crippen MR) is 121 cm³/mol. The van der Waals surface area contributed by atoms with Crippen LogP contribution in [0.4, 0.5) is 11.4 Å². The van der Waals surface area contributed by atoms with Crippen molar-refractivity contribution in [1.29, 1.82) is 5.41 Å². The zero-order chi connectivity index (χ0) is 20.6. The third kappa shape index (κ3) is 2.28. The number of aromatic nitrogens is 1. The minimum Gasteiger partial charge on any atom is -0.398 e. The molecule has 3 aromatic rings. The Morgan fingerprint density at radius 3 is 2.60 bits per heavy atom. The summed E-state index contributed by atoms with van der Waals surface area (Å²) in [6.45, 7) is 0. The second kappa shape index (κ2) is 6.57. The molecule has 2 aliphatic carbocycles. The molecule has 7 heteroatoms. The molecule has 0 saturated heterocycles. The van der Waals surface area contributed by atoms with E-state index in [0.29, 0.717) is 29.4 Å². The lowest BCUT2D eigenvalue weighted by molar-refractivity contribution is -0.0870. The lowest BCUT2D eigenvalue weighted by Crippen LogP contribution is -2.48. The maximum absolute atomic E-state index is 8.06. The summed E-state index contributed by atoms with van der Waals surface area (Å²) in [5, 5.41) is 11.9. The quantitative estimate of drug-likeness (QED) is 0.371. The number of hydrogen-bond acceptors (Lipinski definition) is 6. The van der Waals surface area contributed by atoms with Gasteiger partial charge in [0.1, 0.15) is 0 Å². The second-order valence-corrected chi connectivity index (χ2v) is 9.67. The summed E-state index contributed by atoms with van der Waals surface area (Å²) in [6.07, 6.45) is 2.67. The van der Waals surface area contributed by atoms with Crippen LogP contribution in [0.2, 0.25) is 0 Å². The first-order valence-electron chi connectivity index (χ1n) is 10.5. The third-order valence-corrected chi connectivity index (χ3v) is 8.64. The van der Waals surface area contributed by atoms with E-state index in [1.807, 2.05) is 6.07 Å². The average molecular weight is 423 g/mol. The molecule has 3 aliphatic rings. The number of aromatic amines is 1. The Kier molecular flexibility index (Phi) is 4.04. The Morgan fingerprint density at radius 1 is 1.13 bits per heavy atom. The van der Waals surface area contributed by atoms with Gasteiger partial charge in [0.2, 0.25) is 0 Å². The van der Waals surface area contributed by atoms with Crippen molar-refractivity contribution in [3.05, 3.63) is 47.0 Å². The summed E-state index contributed by atoms with van der Waals surface area (Å²) in [7, 11) is 3.60. The molecule has 2 saturated carbocycles. The van der Waals surface area contributed by atoms with Gasteiger partial charge in [0.25, 0.3) is 0 Å². The van der Waals surface area contributed by atoms with Crippen molar-refractivity contribution < 1.29 is 9.47 Å². The van der Waals surface area contributed by atoms with E-state index >= 15 is 0 Å². The summed E-state index contributed by atoms with van der Waals surface area (Å²) in [6, 6.07) is 10.9. The molecule has 156 valence electrons. The number of ether oxygens (including phenoxy) is 2. The van der Waals surface area contributed by atoms with E-state index in [0.717, 1.165) is 17.7 Å². The van der Waals surface area contributed by atoms with Gasteiger partial charge in [0.15, 0.2) is 0 Å². The van der Waals surface area contributed by atoms with E-state index in [9.17, 15) is 0 Å². The normalized spacial score (nSPS) is 34.0. The molecule has 30 heavy (non-hydrogen) atoms. The van der Waals surface area contributed by atoms with Crippen LogP contribution in [0.1, 0.15) is 35.1 Å². The molecular formula is C23H26N4O2S. The van der Waals surface area contributed by atoms with Gasteiger partial charge in [-0.1, -0.05) is 17.6 Å². The fourth-order valence-electron chi connectivity index (χ4n) is 6.66. The maximum atomic E-state index is 8.06. The van der Waals surface area contributed by atoms with Crippen molar-refractivity contribution in [1.82, 2.24) is 4.37 Å². The summed E-state index contributed by atoms with van der Waals surface area (Å²) >= 11 is 1.68. The molecule has 0 radical (unpaired) electrons. The largest absolute Gasteiger partial charge is 0.398 e. The van der Waals surface area contributed by atoms with Gasteiger partial charge in [0, 0.05) is 37.4 Å². The molecule has 2 fully saturated rings. The van der Waals surface area contributed by atoms with E-state index in [4.69, 9.17) is 20.6 Å². The first-order valence-corrected chi connectivity index (χ1v) is 11.3. The molecular weight excluding hydrogens is 396 g/mol. The average Bonchev–Trinajstić information content (AvgIpc) is 3.30.